The molecule has 0 aromatic carbocycles. The lowest BCUT2D eigenvalue weighted by Gasteiger charge is -2.40. The van der Waals surface area contributed by atoms with E-state index in [0.717, 1.165) is 25.7 Å². The Kier molecular flexibility index (Phi) is 2.33. The van der Waals surface area contributed by atoms with Crippen molar-refractivity contribution in [3.8, 4) is 6.07 Å². The fraction of sp³-hybridized carbons (Fsp3) is 0.786. The number of nitrogens with zero attached hydrogens (tertiary/aromatic N) is 1. The summed E-state index contributed by atoms with van der Waals surface area (Å²) in [5.41, 5.74) is 0.126. The molecule has 2 fully saturated rings. The summed E-state index contributed by atoms with van der Waals surface area (Å²) < 4.78 is 0. The minimum absolute atomic E-state index is 0.125. The van der Waals surface area contributed by atoms with E-state index in [2.05, 4.69) is 18.2 Å². The Hall–Kier alpha value is -0.810. The summed E-state index contributed by atoms with van der Waals surface area (Å²) in [6, 6.07) is 2.52. The highest BCUT2D eigenvalue weighted by atomic mass is 16.3. The van der Waals surface area contributed by atoms with Crippen molar-refractivity contribution in [1.82, 2.24) is 0 Å². The van der Waals surface area contributed by atoms with E-state index in [9.17, 15) is 10.4 Å². The number of nitriles is 1. The van der Waals surface area contributed by atoms with Gasteiger partial charge in [-0.25, -0.2) is 0 Å². The third-order valence-electron chi connectivity index (χ3n) is 5.04. The Morgan fingerprint density at radius 2 is 2.19 bits per heavy atom. The SMILES string of the molecule is N#CC1CC2C=CC1(C1CCCC(O)C1)C2. The van der Waals surface area contributed by atoms with Gasteiger partial charge in [-0.05, 0) is 43.9 Å². The molecule has 0 aromatic heterocycles. The van der Waals surface area contributed by atoms with Crippen LogP contribution in [0.3, 0.4) is 0 Å². The van der Waals surface area contributed by atoms with E-state index in [1.807, 2.05) is 0 Å². The van der Waals surface area contributed by atoms with E-state index in [4.69, 9.17) is 0 Å². The lowest BCUT2D eigenvalue weighted by atomic mass is 9.64. The van der Waals surface area contributed by atoms with Crippen molar-refractivity contribution in [1.29, 1.82) is 5.26 Å². The molecule has 0 spiro atoms. The van der Waals surface area contributed by atoms with Gasteiger partial charge in [0, 0.05) is 5.41 Å². The second kappa shape index (κ2) is 3.60. The molecule has 5 unspecified atom stereocenters. The summed E-state index contributed by atoms with van der Waals surface area (Å²) in [5, 5.41) is 19.1. The molecule has 3 rings (SSSR count). The molecule has 1 N–H and O–H groups in total. The Balaban J connectivity index is 1.87. The van der Waals surface area contributed by atoms with Crippen LogP contribution in [0.15, 0.2) is 12.2 Å². The maximum absolute atomic E-state index is 9.82. The maximum Gasteiger partial charge on any atom is 0.0665 e. The van der Waals surface area contributed by atoms with E-state index in [1.54, 1.807) is 0 Å². The number of rotatable bonds is 1. The summed E-state index contributed by atoms with van der Waals surface area (Å²) in [6.07, 6.45) is 10.9. The third-order valence-corrected chi connectivity index (χ3v) is 5.04. The second-order valence-corrected chi connectivity index (χ2v) is 5.87. The lowest BCUT2D eigenvalue weighted by molar-refractivity contribution is 0.0495. The molecule has 2 saturated carbocycles. The molecule has 0 amide bonds. The van der Waals surface area contributed by atoms with Crippen LogP contribution < -0.4 is 0 Å². The molecule has 0 aliphatic heterocycles. The van der Waals surface area contributed by atoms with Gasteiger partial charge in [0.25, 0.3) is 0 Å². The summed E-state index contributed by atoms with van der Waals surface area (Å²) in [7, 11) is 0. The topological polar surface area (TPSA) is 44.0 Å². The van der Waals surface area contributed by atoms with Crippen LogP contribution in [0.1, 0.15) is 38.5 Å². The molecule has 2 bridgehead atoms. The van der Waals surface area contributed by atoms with Crippen molar-refractivity contribution in [3.63, 3.8) is 0 Å². The van der Waals surface area contributed by atoms with Gasteiger partial charge < -0.3 is 5.11 Å². The number of hydrogen-bond acceptors (Lipinski definition) is 2. The monoisotopic (exact) mass is 217 g/mol. The zero-order chi connectivity index (χ0) is 11.2. The van der Waals surface area contributed by atoms with E-state index in [1.165, 1.54) is 12.8 Å². The highest BCUT2D eigenvalue weighted by Crippen LogP contribution is 2.59. The number of hydrogen-bond donors (Lipinski definition) is 1. The molecule has 3 aliphatic carbocycles. The van der Waals surface area contributed by atoms with Crippen LogP contribution >= 0.6 is 0 Å². The van der Waals surface area contributed by atoms with Crippen LogP contribution in [0.2, 0.25) is 0 Å². The number of allylic oxidation sites excluding steroid dienone is 2. The first-order valence-corrected chi connectivity index (χ1v) is 6.51. The van der Waals surface area contributed by atoms with Crippen LogP contribution in [0.25, 0.3) is 0 Å². The van der Waals surface area contributed by atoms with Gasteiger partial charge in [-0.2, -0.15) is 5.26 Å². The molecule has 16 heavy (non-hydrogen) atoms. The van der Waals surface area contributed by atoms with Gasteiger partial charge in [0.15, 0.2) is 0 Å². The fourth-order valence-corrected chi connectivity index (χ4v) is 4.26. The minimum Gasteiger partial charge on any atom is -0.393 e. The van der Waals surface area contributed by atoms with Crippen LogP contribution in [-0.2, 0) is 0 Å². The van der Waals surface area contributed by atoms with Crippen molar-refractivity contribution in [2.24, 2.45) is 23.2 Å². The fourth-order valence-electron chi connectivity index (χ4n) is 4.26. The average molecular weight is 217 g/mol. The van der Waals surface area contributed by atoms with Crippen LogP contribution in [0.5, 0.6) is 0 Å². The van der Waals surface area contributed by atoms with E-state index >= 15 is 0 Å². The van der Waals surface area contributed by atoms with Gasteiger partial charge in [0.05, 0.1) is 18.1 Å². The molecular formula is C14H19NO. The van der Waals surface area contributed by atoms with Gasteiger partial charge in [-0.1, -0.05) is 18.6 Å². The first-order valence-electron chi connectivity index (χ1n) is 6.51. The van der Waals surface area contributed by atoms with Crippen LogP contribution in [-0.4, -0.2) is 11.2 Å². The second-order valence-electron chi connectivity index (χ2n) is 5.87. The maximum atomic E-state index is 9.82. The molecule has 5 atom stereocenters. The van der Waals surface area contributed by atoms with Crippen molar-refractivity contribution in [3.05, 3.63) is 12.2 Å². The molecule has 3 aliphatic rings. The van der Waals surface area contributed by atoms with Gasteiger partial charge in [0.1, 0.15) is 0 Å². The average Bonchev–Trinajstić information content (AvgIpc) is 2.87. The van der Waals surface area contributed by atoms with Crippen LogP contribution in [0.4, 0.5) is 0 Å². The van der Waals surface area contributed by atoms with E-state index in [-0.39, 0.29) is 17.4 Å². The first kappa shape index (κ1) is 10.4. The van der Waals surface area contributed by atoms with E-state index < -0.39 is 0 Å². The summed E-state index contributed by atoms with van der Waals surface area (Å²) in [5.74, 6) is 1.39. The molecule has 2 nitrogen and oxygen atoms in total. The summed E-state index contributed by atoms with van der Waals surface area (Å²) >= 11 is 0. The predicted octanol–water partition coefficient (Wildman–Crippen LogP) is 2.64. The minimum atomic E-state index is -0.125. The number of aliphatic hydroxyl groups excluding tert-OH is 1. The molecule has 86 valence electrons. The molecule has 2 heteroatoms. The Labute approximate surface area is 97.0 Å². The number of aliphatic hydroxyl groups is 1. The Bertz CT molecular complexity index is 356. The normalized spacial score (nSPS) is 50.5. The van der Waals surface area contributed by atoms with Gasteiger partial charge in [0.2, 0.25) is 0 Å². The largest absolute Gasteiger partial charge is 0.393 e. The van der Waals surface area contributed by atoms with E-state index in [0.29, 0.717) is 11.8 Å². The Morgan fingerprint density at radius 3 is 2.88 bits per heavy atom. The molecule has 0 saturated heterocycles. The molecule has 0 aromatic rings. The highest BCUT2D eigenvalue weighted by molar-refractivity contribution is 5.24. The quantitative estimate of drug-likeness (QED) is 0.686. The summed E-state index contributed by atoms with van der Waals surface area (Å²) in [6.45, 7) is 0. The van der Waals surface area contributed by atoms with Crippen LogP contribution in [0, 0.1) is 34.5 Å². The smallest absolute Gasteiger partial charge is 0.0665 e. The van der Waals surface area contributed by atoms with Crippen molar-refractivity contribution in [2.45, 2.75) is 44.6 Å². The van der Waals surface area contributed by atoms with Crippen molar-refractivity contribution >= 4 is 0 Å². The van der Waals surface area contributed by atoms with Gasteiger partial charge >= 0.3 is 0 Å². The predicted molar refractivity (Wildman–Crippen MR) is 61.4 cm³/mol. The van der Waals surface area contributed by atoms with Crippen molar-refractivity contribution < 1.29 is 5.11 Å². The molecular weight excluding hydrogens is 198 g/mol. The van der Waals surface area contributed by atoms with Gasteiger partial charge in [-0.3, -0.25) is 0 Å². The van der Waals surface area contributed by atoms with Gasteiger partial charge in [-0.15, -0.1) is 0 Å². The zero-order valence-corrected chi connectivity index (χ0v) is 9.60. The zero-order valence-electron chi connectivity index (χ0n) is 9.60. The highest BCUT2D eigenvalue weighted by Gasteiger charge is 2.53. The molecule has 0 radical (unpaired) electrons. The van der Waals surface area contributed by atoms with Crippen molar-refractivity contribution in [2.75, 3.05) is 0 Å². The first-order chi connectivity index (χ1) is 7.74. The standard InChI is InChI=1S/C14H19NO/c15-9-12-6-10-4-5-14(12,8-10)11-2-1-3-13(16)7-11/h4-5,10-13,16H,1-3,6-8H2. The Morgan fingerprint density at radius 1 is 1.31 bits per heavy atom. The lowest BCUT2D eigenvalue weighted by Crippen LogP contribution is -2.36. The summed E-state index contributed by atoms with van der Waals surface area (Å²) in [4.78, 5) is 0. The third kappa shape index (κ3) is 1.34. The molecule has 0 heterocycles. The number of fused-ring (bicyclic) bond motifs is 2.